The van der Waals surface area contributed by atoms with Crippen molar-refractivity contribution in [2.24, 2.45) is 4.99 Å². The molecule has 0 saturated carbocycles. The molecule has 24 heavy (non-hydrogen) atoms. The van der Waals surface area contributed by atoms with Crippen molar-refractivity contribution in [3.05, 3.63) is 64.7 Å². The van der Waals surface area contributed by atoms with E-state index >= 15 is 0 Å². The van der Waals surface area contributed by atoms with Crippen molar-refractivity contribution < 1.29 is 9.47 Å². The maximum absolute atomic E-state index is 6.02. The highest BCUT2D eigenvalue weighted by atomic mass is 16.5. The topological polar surface area (TPSA) is 30.8 Å². The third kappa shape index (κ3) is 3.97. The molecule has 0 aliphatic carbocycles. The van der Waals surface area contributed by atoms with Crippen LogP contribution in [-0.4, -0.2) is 18.0 Å². The smallest absolute Gasteiger partial charge is 0.188 e. The van der Waals surface area contributed by atoms with E-state index in [0.29, 0.717) is 19.6 Å². The summed E-state index contributed by atoms with van der Waals surface area (Å²) in [4.78, 5) is 4.62. The maximum atomic E-state index is 6.02. The quantitative estimate of drug-likeness (QED) is 0.803. The summed E-state index contributed by atoms with van der Waals surface area (Å²) >= 11 is 0. The molecule has 1 heterocycles. The Morgan fingerprint density at radius 3 is 2.46 bits per heavy atom. The first-order valence-electron chi connectivity index (χ1n) is 8.41. The van der Waals surface area contributed by atoms with E-state index in [0.717, 1.165) is 17.2 Å². The van der Waals surface area contributed by atoms with E-state index in [-0.39, 0.29) is 5.54 Å². The zero-order chi connectivity index (χ0) is 17.2. The summed E-state index contributed by atoms with van der Waals surface area (Å²) in [5.41, 5.74) is 4.84. The fraction of sp³-hybridized carbons (Fsp3) is 0.381. The molecular weight excluding hydrogens is 298 g/mol. The molecule has 0 spiro atoms. The van der Waals surface area contributed by atoms with E-state index in [1.54, 1.807) is 0 Å². The van der Waals surface area contributed by atoms with E-state index < -0.39 is 0 Å². The Morgan fingerprint density at radius 1 is 1.08 bits per heavy atom. The molecule has 0 radical (unpaired) electrons. The van der Waals surface area contributed by atoms with E-state index in [4.69, 9.17) is 9.47 Å². The van der Waals surface area contributed by atoms with Crippen LogP contribution in [0.1, 0.15) is 36.1 Å². The second-order valence-corrected chi connectivity index (χ2v) is 7.09. The van der Waals surface area contributed by atoms with Gasteiger partial charge in [0, 0.05) is 6.42 Å². The molecule has 0 unspecified atom stereocenters. The SMILES string of the molecule is Cc1cccc(C)c1COc1cccc(CC2=NC(C)(C)CO2)c1. The number of ether oxygens (including phenoxy) is 2. The summed E-state index contributed by atoms with van der Waals surface area (Å²) in [7, 11) is 0. The van der Waals surface area contributed by atoms with Crippen molar-refractivity contribution in [3.8, 4) is 5.75 Å². The average Bonchev–Trinajstić information content (AvgIpc) is 2.86. The Kier molecular flexibility index (Phi) is 4.61. The Morgan fingerprint density at radius 2 is 1.79 bits per heavy atom. The molecule has 1 aliphatic heterocycles. The molecule has 0 amide bonds. The molecule has 0 fully saturated rings. The molecule has 3 heteroatoms. The van der Waals surface area contributed by atoms with Crippen molar-refractivity contribution in [3.63, 3.8) is 0 Å². The third-order valence-electron chi connectivity index (χ3n) is 4.30. The van der Waals surface area contributed by atoms with Gasteiger partial charge in [0.1, 0.15) is 19.0 Å². The summed E-state index contributed by atoms with van der Waals surface area (Å²) in [6.07, 6.45) is 0.712. The second-order valence-electron chi connectivity index (χ2n) is 7.09. The third-order valence-corrected chi connectivity index (χ3v) is 4.30. The van der Waals surface area contributed by atoms with Gasteiger partial charge in [0.25, 0.3) is 0 Å². The molecule has 0 aromatic heterocycles. The largest absolute Gasteiger partial charge is 0.489 e. The van der Waals surface area contributed by atoms with Crippen LogP contribution in [0.15, 0.2) is 47.5 Å². The fourth-order valence-electron chi connectivity index (χ4n) is 2.90. The molecule has 2 aromatic rings. The number of hydrogen-bond acceptors (Lipinski definition) is 3. The monoisotopic (exact) mass is 323 g/mol. The predicted octanol–water partition coefficient (Wildman–Crippen LogP) is 4.63. The number of aliphatic imine (C=N–C) groups is 1. The van der Waals surface area contributed by atoms with Gasteiger partial charge in [-0.05, 0) is 62.1 Å². The van der Waals surface area contributed by atoms with Crippen LogP contribution in [0, 0.1) is 13.8 Å². The van der Waals surface area contributed by atoms with Crippen molar-refractivity contribution in [2.75, 3.05) is 6.61 Å². The summed E-state index contributed by atoms with van der Waals surface area (Å²) < 4.78 is 11.7. The first-order valence-corrected chi connectivity index (χ1v) is 8.41. The molecule has 0 bridgehead atoms. The standard InChI is InChI=1S/C21H25NO2/c1-15-7-5-8-16(2)19(15)13-23-18-10-6-9-17(11-18)12-20-22-21(3,4)14-24-20/h5-11H,12-14H2,1-4H3. The first-order chi connectivity index (χ1) is 11.4. The van der Waals surface area contributed by atoms with Gasteiger partial charge in [-0.1, -0.05) is 30.3 Å². The summed E-state index contributed by atoms with van der Waals surface area (Å²) in [6, 6.07) is 14.5. The van der Waals surface area contributed by atoms with Gasteiger partial charge in [-0.2, -0.15) is 0 Å². The number of hydrogen-bond donors (Lipinski definition) is 0. The molecule has 0 N–H and O–H groups in total. The van der Waals surface area contributed by atoms with Crippen molar-refractivity contribution >= 4 is 5.90 Å². The number of nitrogens with zero attached hydrogens (tertiary/aromatic N) is 1. The van der Waals surface area contributed by atoms with E-state index in [2.05, 4.69) is 63.0 Å². The van der Waals surface area contributed by atoms with Crippen LogP contribution in [0.25, 0.3) is 0 Å². The van der Waals surface area contributed by atoms with Crippen LogP contribution < -0.4 is 4.74 Å². The zero-order valence-corrected chi connectivity index (χ0v) is 14.9. The first kappa shape index (κ1) is 16.6. The van der Waals surface area contributed by atoms with Crippen LogP contribution in [0.2, 0.25) is 0 Å². The number of aryl methyl sites for hydroxylation is 2. The normalized spacial score (nSPS) is 15.8. The van der Waals surface area contributed by atoms with Gasteiger partial charge >= 0.3 is 0 Å². The van der Waals surface area contributed by atoms with Gasteiger partial charge < -0.3 is 9.47 Å². The molecule has 2 aromatic carbocycles. The number of rotatable bonds is 5. The lowest BCUT2D eigenvalue weighted by atomic mass is 10.0. The lowest BCUT2D eigenvalue weighted by molar-refractivity contribution is 0.275. The lowest BCUT2D eigenvalue weighted by Gasteiger charge is -2.12. The van der Waals surface area contributed by atoms with Gasteiger partial charge in [-0.15, -0.1) is 0 Å². The molecule has 0 atom stereocenters. The van der Waals surface area contributed by atoms with Crippen LogP contribution in [0.4, 0.5) is 0 Å². The maximum Gasteiger partial charge on any atom is 0.188 e. The fourth-order valence-corrected chi connectivity index (χ4v) is 2.90. The Bertz CT molecular complexity index is 742. The molecular formula is C21H25NO2. The van der Waals surface area contributed by atoms with Gasteiger partial charge in [0.2, 0.25) is 0 Å². The zero-order valence-electron chi connectivity index (χ0n) is 14.9. The lowest BCUT2D eigenvalue weighted by Crippen LogP contribution is -2.17. The minimum Gasteiger partial charge on any atom is -0.489 e. The Hall–Kier alpha value is -2.29. The molecule has 126 valence electrons. The summed E-state index contributed by atoms with van der Waals surface area (Å²) in [5.74, 6) is 1.69. The van der Waals surface area contributed by atoms with Crippen molar-refractivity contribution in [2.45, 2.75) is 46.3 Å². The van der Waals surface area contributed by atoms with Crippen LogP contribution in [-0.2, 0) is 17.8 Å². The highest BCUT2D eigenvalue weighted by Crippen LogP contribution is 2.22. The Labute approximate surface area is 144 Å². The van der Waals surface area contributed by atoms with Gasteiger partial charge in [-0.25, -0.2) is 4.99 Å². The van der Waals surface area contributed by atoms with Crippen molar-refractivity contribution in [1.29, 1.82) is 0 Å². The molecule has 0 saturated heterocycles. The molecule has 1 aliphatic rings. The van der Waals surface area contributed by atoms with Crippen LogP contribution in [0.5, 0.6) is 5.75 Å². The predicted molar refractivity (Wildman–Crippen MR) is 97.9 cm³/mol. The van der Waals surface area contributed by atoms with Crippen molar-refractivity contribution in [1.82, 2.24) is 0 Å². The highest BCUT2D eigenvalue weighted by molar-refractivity contribution is 5.80. The Balaban J connectivity index is 1.68. The van der Waals surface area contributed by atoms with E-state index in [1.165, 1.54) is 16.7 Å². The summed E-state index contributed by atoms with van der Waals surface area (Å²) in [6.45, 7) is 9.67. The van der Waals surface area contributed by atoms with Gasteiger partial charge in [-0.3, -0.25) is 0 Å². The van der Waals surface area contributed by atoms with Crippen LogP contribution in [0.3, 0.4) is 0 Å². The summed E-state index contributed by atoms with van der Waals surface area (Å²) in [5, 5.41) is 0. The number of benzene rings is 2. The van der Waals surface area contributed by atoms with Gasteiger partial charge in [0.05, 0.1) is 5.54 Å². The second kappa shape index (κ2) is 6.68. The minimum atomic E-state index is -0.105. The van der Waals surface area contributed by atoms with E-state index in [1.807, 2.05) is 12.1 Å². The minimum absolute atomic E-state index is 0.105. The van der Waals surface area contributed by atoms with Crippen LogP contribution >= 0.6 is 0 Å². The van der Waals surface area contributed by atoms with E-state index in [9.17, 15) is 0 Å². The highest BCUT2D eigenvalue weighted by Gasteiger charge is 2.26. The molecule has 3 rings (SSSR count). The molecule has 3 nitrogen and oxygen atoms in total. The average molecular weight is 323 g/mol. The van der Waals surface area contributed by atoms with Gasteiger partial charge in [0.15, 0.2) is 5.90 Å².